The lowest BCUT2D eigenvalue weighted by molar-refractivity contribution is 0.132. The molecule has 0 aliphatic rings. The number of amidine groups is 1. The Hall–Kier alpha value is -0.570. The molecular weight excluding hydrogens is 164 g/mol. The van der Waals surface area contributed by atoms with E-state index >= 15 is 0 Å². The van der Waals surface area contributed by atoms with Gasteiger partial charge in [0.05, 0.1) is 12.4 Å². The van der Waals surface area contributed by atoms with E-state index < -0.39 is 0 Å². The molecule has 3 nitrogen and oxygen atoms in total. The van der Waals surface area contributed by atoms with Crippen molar-refractivity contribution in [1.29, 1.82) is 5.41 Å². The number of nitrogens with one attached hydrogen (secondary N) is 1. The first-order valence-electron chi connectivity index (χ1n) is 5.16. The van der Waals surface area contributed by atoms with Crippen molar-refractivity contribution in [1.82, 2.24) is 4.90 Å². The molecule has 3 heteroatoms. The average Bonchev–Trinajstić information content (AvgIpc) is 2.13. The van der Waals surface area contributed by atoms with Crippen molar-refractivity contribution in [2.24, 2.45) is 0 Å². The van der Waals surface area contributed by atoms with Crippen LogP contribution >= 0.6 is 0 Å². The average molecular weight is 186 g/mol. The smallest absolute Gasteiger partial charge is 0.0958 e. The van der Waals surface area contributed by atoms with Crippen LogP contribution in [0.1, 0.15) is 33.6 Å². The summed E-state index contributed by atoms with van der Waals surface area (Å²) in [6, 6.07) is 0. The fourth-order valence-electron chi connectivity index (χ4n) is 1.20. The third kappa shape index (κ3) is 5.64. The Balaban J connectivity index is 3.67. The van der Waals surface area contributed by atoms with Crippen LogP contribution in [0.5, 0.6) is 0 Å². The molecule has 0 atom stereocenters. The summed E-state index contributed by atoms with van der Waals surface area (Å²) in [7, 11) is 0. The zero-order chi connectivity index (χ0) is 10.1. The van der Waals surface area contributed by atoms with Gasteiger partial charge in [-0.1, -0.05) is 6.92 Å². The summed E-state index contributed by atoms with van der Waals surface area (Å²) in [5.74, 6) is 0.740. The van der Waals surface area contributed by atoms with E-state index in [0.717, 1.165) is 45.0 Å². The highest BCUT2D eigenvalue weighted by Gasteiger charge is 2.05. The van der Waals surface area contributed by atoms with E-state index in [2.05, 4.69) is 18.7 Å². The normalized spacial score (nSPS) is 10.1. The van der Waals surface area contributed by atoms with Crippen LogP contribution in [0.2, 0.25) is 0 Å². The second-order valence-corrected chi connectivity index (χ2v) is 2.97. The van der Waals surface area contributed by atoms with Gasteiger partial charge in [0.2, 0.25) is 0 Å². The number of hydrogen-bond acceptors (Lipinski definition) is 2. The molecule has 78 valence electrons. The van der Waals surface area contributed by atoms with E-state index in [0.29, 0.717) is 0 Å². The quantitative estimate of drug-likeness (QED) is 0.375. The van der Waals surface area contributed by atoms with E-state index in [1.807, 2.05) is 6.92 Å². The molecule has 0 aliphatic heterocycles. The van der Waals surface area contributed by atoms with Crippen molar-refractivity contribution in [2.45, 2.75) is 33.6 Å². The number of likely N-dealkylation sites (N-methyl/N-ethyl adjacent to an activating group) is 1. The standard InChI is InChI=1S/C10H22N2O/c1-4-7-10(11)12(5-2)8-9-13-6-3/h11H,4-9H2,1-3H3. The molecule has 1 N–H and O–H groups in total. The molecule has 13 heavy (non-hydrogen) atoms. The third-order valence-electron chi connectivity index (χ3n) is 1.96. The largest absolute Gasteiger partial charge is 0.380 e. The minimum atomic E-state index is 0.733. The summed E-state index contributed by atoms with van der Waals surface area (Å²) in [6.07, 6.45) is 1.92. The van der Waals surface area contributed by atoms with E-state index in [1.165, 1.54) is 0 Å². The molecule has 0 amide bonds. The van der Waals surface area contributed by atoms with Crippen molar-refractivity contribution >= 4 is 5.84 Å². The van der Waals surface area contributed by atoms with Crippen LogP contribution in [0.25, 0.3) is 0 Å². The minimum Gasteiger partial charge on any atom is -0.380 e. The van der Waals surface area contributed by atoms with E-state index in [1.54, 1.807) is 0 Å². The highest BCUT2D eigenvalue weighted by molar-refractivity contribution is 5.78. The topological polar surface area (TPSA) is 36.3 Å². The predicted octanol–water partition coefficient (Wildman–Crippen LogP) is 2.12. The highest BCUT2D eigenvalue weighted by Crippen LogP contribution is 1.97. The first-order chi connectivity index (χ1) is 6.26. The molecule has 0 rings (SSSR count). The van der Waals surface area contributed by atoms with Crippen molar-refractivity contribution in [3.8, 4) is 0 Å². The Morgan fingerprint density at radius 2 is 2.00 bits per heavy atom. The molecule has 0 aliphatic carbocycles. The lowest BCUT2D eigenvalue weighted by Gasteiger charge is -2.23. The lowest BCUT2D eigenvalue weighted by atomic mass is 10.3. The van der Waals surface area contributed by atoms with Gasteiger partial charge in [-0.15, -0.1) is 0 Å². The van der Waals surface area contributed by atoms with Crippen molar-refractivity contribution in [2.75, 3.05) is 26.3 Å². The van der Waals surface area contributed by atoms with Gasteiger partial charge < -0.3 is 9.64 Å². The zero-order valence-corrected chi connectivity index (χ0v) is 9.10. The molecular formula is C10H22N2O. The van der Waals surface area contributed by atoms with Crippen molar-refractivity contribution in [3.05, 3.63) is 0 Å². The van der Waals surface area contributed by atoms with Crippen molar-refractivity contribution in [3.63, 3.8) is 0 Å². The molecule has 0 bridgehead atoms. The first kappa shape index (κ1) is 12.4. The third-order valence-corrected chi connectivity index (χ3v) is 1.96. The fraction of sp³-hybridized carbons (Fsp3) is 0.900. The Kier molecular flexibility index (Phi) is 7.69. The van der Waals surface area contributed by atoms with Crippen LogP contribution in [-0.4, -0.2) is 37.0 Å². The van der Waals surface area contributed by atoms with E-state index in [9.17, 15) is 0 Å². The second-order valence-electron chi connectivity index (χ2n) is 2.97. The number of hydrogen-bond donors (Lipinski definition) is 1. The zero-order valence-electron chi connectivity index (χ0n) is 9.10. The van der Waals surface area contributed by atoms with Crippen LogP contribution in [-0.2, 0) is 4.74 Å². The van der Waals surface area contributed by atoms with E-state index in [4.69, 9.17) is 10.1 Å². The van der Waals surface area contributed by atoms with Gasteiger partial charge in [0.25, 0.3) is 0 Å². The van der Waals surface area contributed by atoms with Gasteiger partial charge in [-0.3, -0.25) is 5.41 Å². The summed E-state index contributed by atoms with van der Waals surface area (Å²) in [5.41, 5.74) is 0. The summed E-state index contributed by atoms with van der Waals surface area (Å²) >= 11 is 0. The molecule has 0 radical (unpaired) electrons. The SMILES string of the molecule is CCCC(=N)N(CC)CCOCC. The van der Waals surface area contributed by atoms with Crippen LogP contribution < -0.4 is 0 Å². The second kappa shape index (κ2) is 8.05. The van der Waals surface area contributed by atoms with Crippen LogP contribution in [0.15, 0.2) is 0 Å². The molecule has 0 heterocycles. The summed E-state index contributed by atoms with van der Waals surface area (Å²) in [5, 5.41) is 7.75. The monoisotopic (exact) mass is 186 g/mol. The maximum absolute atomic E-state index is 7.75. The minimum absolute atomic E-state index is 0.733. The molecule has 0 aromatic rings. The molecule has 0 unspecified atom stereocenters. The van der Waals surface area contributed by atoms with Gasteiger partial charge in [-0.25, -0.2) is 0 Å². The Morgan fingerprint density at radius 3 is 2.46 bits per heavy atom. The maximum Gasteiger partial charge on any atom is 0.0958 e. The Bertz CT molecular complexity index is 137. The van der Waals surface area contributed by atoms with Crippen LogP contribution in [0, 0.1) is 5.41 Å². The Labute approximate surface area is 81.6 Å². The summed E-state index contributed by atoms with van der Waals surface area (Å²) in [6.45, 7) is 9.43. The number of ether oxygens (including phenoxy) is 1. The fourth-order valence-corrected chi connectivity index (χ4v) is 1.20. The maximum atomic E-state index is 7.75. The van der Waals surface area contributed by atoms with Gasteiger partial charge in [-0.05, 0) is 20.3 Å². The van der Waals surface area contributed by atoms with Gasteiger partial charge in [0.15, 0.2) is 0 Å². The van der Waals surface area contributed by atoms with Gasteiger partial charge in [-0.2, -0.15) is 0 Å². The van der Waals surface area contributed by atoms with Crippen LogP contribution in [0.4, 0.5) is 0 Å². The molecule has 0 spiro atoms. The molecule has 0 aromatic heterocycles. The lowest BCUT2D eigenvalue weighted by Crippen LogP contribution is -2.33. The predicted molar refractivity (Wildman–Crippen MR) is 56.4 cm³/mol. The highest BCUT2D eigenvalue weighted by atomic mass is 16.5. The van der Waals surface area contributed by atoms with Gasteiger partial charge in [0.1, 0.15) is 0 Å². The summed E-state index contributed by atoms with van der Waals surface area (Å²) in [4.78, 5) is 2.07. The van der Waals surface area contributed by atoms with Crippen molar-refractivity contribution < 1.29 is 4.74 Å². The van der Waals surface area contributed by atoms with E-state index in [-0.39, 0.29) is 0 Å². The van der Waals surface area contributed by atoms with Crippen LogP contribution in [0.3, 0.4) is 0 Å². The summed E-state index contributed by atoms with van der Waals surface area (Å²) < 4.78 is 5.26. The van der Waals surface area contributed by atoms with Gasteiger partial charge >= 0.3 is 0 Å². The first-order valence-corrected chi connectivity index (χ1v) is 5.16. The molecule has 0 saturated carbocycles. The Morgan fingerprint density at radius 1 is 1.31 bits per heavy atom. The molecule has 0 fully saturated rings. The number of nitrogens with zero attached hydrogens (tertiary/aromatic N) is 1. The molecule has 0 aromatic carbocycles. The number of rotatable bonds is 7. The van der Waals surface area contributed by atoms with Gasteiger partial charge in [0, 0.05) is 26.1 Å². The molecule has 0 saturated heterocycles.